The van der Waals surface area contributed by atoms with E-state index in [1.165, 1.54) is 0 Å². The highest BCUT2D eigenvalue weighted by Crippen LogP contribution is 2.23. The molecule has 2 N–H and O–H groups in total. The molecule has 7 heteroatoms. The Morgan fingerprint density at radius 2 is 1.36 bits per heavy atom. The molecule has 0 aromatic heterocycles. The molecule has 1 saturated heterocycles. The predicted molar refractivity (Wildman–Crippen MR) is 124 cm³/mol. The smallest absolute Gasteiger partial charge is 0.253 e. The summed E-state index contributed by atoms with van der Waals surface area (Å²) in [6.45, 7) is 3.74. The lowest BCUT2D eigenvalue weighted by molar-refractivity contribution is 0.0628. The zero-order chi connectivity index (χ0) is 23.2. The van der Waals surface area contributed by atoms with E-state index in [2.05, 4.69) is 11.0 Å². The minimum absolute atomic E-state index is 0.00499. The molecule has 1 fully saturated rings. The predicted octanol–water partition coefficient (Wildman–Crippen LogP) is 3.41. The van der Waals surface area contributed by atoms with Gasteiger partial charge in [-0.15, -0.1) is 0 Å². The van der Waals surface area contributed by atoms with E-state index in [1.54, 1.807) is 48.5 Å². The standard InChI is InChI=1S/C26H24N4O3/c27-17-19-1-3-20(4-2-19)18-29-13-15-30(16-14-29)26(32)22-7-11-24(12-8-22)33-23-9-5-21(6-10-23)25(28)31/h1-12H,13-16,18H2,(H2,28,31). The SMILES string of the molecule is N#Cc1ccc(CN2CCN(C(=O)c3ccc(Oc4ccc(C(N)=O)cc4)cc3)CC2)cc1. The molecule has 0 saturated carbocycles. The van der Waals surface area contributed by atoms with Crippen LogP contribution in [0.25, 0.3) is 0 Å². The average molecular weight is 441 g/mol. The summed E-state index contributed by atoms with van der Waals surface area (Å²) < 4.78 is 5.78. The number of nitrogens with zero attached hydrogens (tertiary/aromatic N) is 3. The van der Waals surface area contributed by atoms with Crippen molar-refractivity contribution in [1.82, 2.24) is 9.80 Å². The van der Waals surface area contributed by atoms with Crippen molar-refractivity contribution in [2.24, 2.45) is 5.73 Å². The van der Waals surface area contributed by atoms with Crippen LogP contribution in [0.15, 0.2) is 72.8 Å². The van der Waals surface area contributed by atoms with E-state index >= 15 is 0 Å². The van der Waals surface area contributed by atoms with Gasteiger partial charge in [-0.2, -0.15) is 5.26 Å². The summed E-state index contributed by atoms with van der Waals surface area (Å²) in [6, 6.07) is 23.4. The molecule has 1 aliphatic rings. The van der Waals surface area contributed by atoms with Gasteiger partial charge in [0.15, 0.2) is 0 Å². The molecular weight excluding hydrogens is 416 g/mol. The highest BCUT2D eigenvalue weighted by atomic mass is 16.5. The molecule has 1 aliphatic heterocycles. The van der Waals surface area contributed by atoms with Crippen LogP contribution >= 0.6 is 0 Å². The lowest BCUT2D eigenvalue weighted by atomic mass is 10.1. The number of hydrogen-bond donors (Lipinski definition) is 1. The van der Waals surface area contributed by atoms with Gasteiger partial charge in [0.05, 0.1) is 11.6 Å². The van der Waals surface area contributed by atoms with Crippen molar-refractivity contribution in [3.63, 3.8) is 0 Å². The normalized spacial score (nSPS) is 13.8. The van der Waals surface area contributed by atoms with E-state index in [9.17, 15) is 9.59 Å². The number of amides is 2. The Kier molecular flexibility index (Phi) is 6.67. The van der Waals surface area contributed by atoms with Crippen molar-refractivity contribution in [2.45, 2.75) is 6.54 Å². The van der Waals surface area contributed by atoms with Crippen LogP contribution in [0.1, 0.15) is 31.8 Å². The molecule has 0 bridgehead atoms. The second kappa shape index (κ2) is 9.98. The summed E-state index contributed by atoms with van der Waals surface area (Å²) in [5.41, 5.74) is 8.10. The quantitative estimate of drug-likeness (QED) is 0.633. The van der Waals surface area contributed by atoms with E-state index in [1.807, 2.05) is 29.2 Å². The molecule has 3 aromatic rings. The van der Waals surface area contributed by atoms with Gasteiger partial charge in [-0.25, -0.2) is 0 Å². The van der Waals surface area contributed by atoms with Gasteiger partial charge in [0.1, 0.15) is 11.5 Å². The number of nitrogens with two attached hydrogens (primary N) is 1. The Labute approximate surface area is 192 Å². The Morgan fingerprint density at radius 3 is 1.88 bits per heavy atom. The van der Waals surface area contributed by atoms with Gasteiger partial charge in [0.2, 0.25) is 5.91 Å². The zero-order valence-corrected chi connectivity index (χ0v) is 18.1. The van der Waals surface area contributed by atoms with Gasteiger partial charge < -0.3 is 15.4 Å². The molecular formula is C26H24N4O3. The molecule has 0 aliphatic carbocycles. The van der Waals surface area contributed by atoms with Crippen molar-refractivity contribution in [1.29, 1.82) is 5.26 Å². The number of hydrogen-bond acceptors (Lipinski definition) is 5. The van der Waals surface area contributed by atoms with Crippen molar-refractivity contribution >= 4 is 11.8 Å². The van der Waals surface area contributed by atoms with Gasteiger partial charge in [-0.1, -0.05) is 12.1 Å². The third kappa shape index (κ3) is 5.56. The summed E-state index contributed by atoms with van der Waals surface area (Å²) in [7, 11) is 0. The molecule has 0 unspecified atom stereocenters. The molecule has 2 amide bonds. The molecule has 4 rings (SSSR count). The van der Waals surface area contributed by atoms with Crippen LogP contribution < -0.4 is 10.5 Å². The molecule has 0 atom stereocenters. The number of primary amides is 1. The number of carbonyl (C=O) groups excluding carboxylic acids is 2. The maximum Gasteiger partial charge on any atom is 0.253 e. The van der Waals surface area contributed by atoms with Crippen LogP contribution in [0.3, 0.4) is 0 Å². The molecule has 7 nitrogen and oxygen atoms in total. The number of piperazine rings is 1. The van der Waals surface area contributed by atoms with E-state index < -0.39 is 5.91 Å². The fraction of sp³-hybridized carbons (Fsp3) is 0.192. The molecule has 3 aromatic carbocycles. The van der Waals surface area contributed by atoms with Gasteiger partial charge in [-0.05, 0) is 66.2 Å². The summed E-state index contributed by atoms with van der Waals surface area (Å²) in [4.78, 5) is 28.2. The van der Waals surface area contributed by atoms with E-state index in [4.69, 9.17) is 15.7 Å². The number of benzene rings is 3. The monoisotopic (exact) mass is 440 g/mol. The topological polar surface area (TPSA) is 99.7 Å². The van der Waals surface area contributed by atoms with Gasteiger partial charge in [0, 0.05) is 43.9 Å². The lowest BCUT2D eigenvalue weighted by Gasteiger charge is -2.34. The third-order valence-corrected chi connectivity index (χ3v) is 5.62. The van der Waals surface area contributed by atoms with Crippen LogP contribution in [-0.4, -0.2) is 47.8 Å². The Morgan fingerprint density at radius 1 is 0.818 bits per heavy atom. The van der Waals surface area contributed by atoms with E-state index in [0.29, 0.717) is 41.3 Å². The summed E-state index contributed by atoms with van der Waals surface area (Å²) in [5, 5.41) is 8.91. The van der Waals surface area contributed by atoms with Crippen molar-refractivity contribution in [3.05, 3.63) is 95.1 Å². The van der Waals surface area contributed by atoms with E-state index in [-0.39, 0.29) is 5.91 Å². The first-order valence-electron chi connectivity index (χ1n) is 10.7. The number of ether oxygens (including phenoxy) is 1. The van der Waals surface area contributed by atoms with Crippen molar-refractivity contribution in [2.75, 3.05) is 26.2 Å². The van der Waals surface area contributed by atoms with Crippen LogP contribution in [0.5, 0.6) is 11.5 Å². The van der Waals surface area contributed by atoms with Crippen LogP contribution in [0.4, 0.5) is 0 Å². The van der Waals surface area contributed by atoms with Crippen LogP contribution in [-0.2, 0) is 6.54 Å². The van der Waals surface area contributed by atoms with Crippen molar-refractivity contribution in [3.8, 4) is 17.6 Å². The summed E-state index contributed by atoms with van der Waals surface area (Å²) >= 11 is 0. The Balaban J connectivity index is 1.29. The number of nitriles is 1. The van der Waals surface area contributed by atoms with Crippen molar-refractivity contribution < 1.29 is 14.3 Å². The Hall–Kier alpha value is -4.15. The van der Waals surface area contributed by atoms with Gasteiger partial charge >= 0.3 is 0 Å². The minimum Gasteiger partial charge on any atom is -0.457 e. The molecule has 166 valence electrons. The fourth-order valence-corrected chi connectivity index (χ4v) is 3.72. The highest BCUT2D eigenvalue weighted by Gasteiger charge is 2.22. The second-order valence-corrected chi connectivity index (χ2v) is 7.89. The average Bonchev–Trinajstić information content (AvgIpc) is 2.85. The van der Waals surface area contributed by atoms with Gasteiger partial charge in [0.25, 0.3) is 5.91 Å². The first-order chi connectivity index (χ1) is 16.0. The lowest BCUT2D eigenvalue weighted by Crippen LogP contribution is -2.48. The summed E-state index contributed by atoms with van der Waals surface area (Å²) in [5.74, 6) is 0.702. The zero-order valence-electron chi connectivity index (χ0n) is 18.1. The maximum atomic E-state index is 12.9. The second-order valence-electron chi connectivity index (χ2n) is 7.89. The first kappa shape index (κ1) is 22.1. The highest BCUT2D eigenvalue weighted by molar-refractivity contribution is 5.94. The Bertz CT molecular complexity index is 1160. The molecule has 33 heavy (non-hydrogen) atoms. The van der Waals surface area contributed by atoms with Gasteiger partial charge in [-0.3, -0.25) is 14.5 Å². The number of rotatable bonds is 6. The van der Waals surface area contributed by atoms with Crippen LogP contribution in [0.2, 0.25) is 0 Å². The van der Waals surface area contributed by atoms with E-state index in [0.717, 1.165) is 25.2 Å². The molecule has 0 radical (unpaired) electrons. The van der Waals surface area contributed by atoms with Crippen LogP contribution in [0, 0.1) is 11.3 Å². The first-order valence-corrected chi connectivity index (χ1v) is 10.7. The number of carbonyl (C=O) groups is 2. The largest absolute Gasteiger partial charge is 0.457 e. The fourth-order valence-electron chi connectivity index (χ4n) is 3.72. The molecule has 1 heterocycles. The molecule has 0 spiro atoms. The summed E-state index contributed by atoms with van der Waals surface area (Å²) in [6.07, 6.45) is 0. The maximum absolute atomic E-state index is 12.9. The minimum atomic E-state index is -0.487. The third-order valence-electron chi connectivity index (χ3n) is 5.62.